The number of amides is 1. The fraction of sp³-hybridized carbons (Fsp3) is 0.455. The molecule has 2 aromatic rings. The maximum atomic E-state index is 12.8. The normalized spacial score (nSPS) is 19.6. The van der Waals surface area contributed by atoms with Crippen molar-refractivity contribution >= 4 is 17.4 Å². The first-order chi connectivity index (χ1) is 14.1. The van der Waals surface area contributed by atoms with Gasteiger partial charge in [0.05, 0.1) is 12.6 Å². The number of rotatable bonds is 4. The number of benzene rings is 1. The maximum Gasteiger partial charge on any atom is 0.239 e. The molecule has 4 rings (SSSR count). The molecule has 0 bridgehead atoms. The number of aromatic nitrogens is 2. The maximum absolute atomic E-state index is 12.8. The first-order valence-corrected chi connectivity index (χ1v) is 10.2. The molecule has 29 heavy (non-hydrogen) atoms. The molecule has 0 radical (unpaired) electrons. The van der Waals surface area contributed by atoms with Gasteiger partial charge in [0.2, 0.25) is 5.91 Å². The molecule has 1 saturated heterocycles. The summed E-state index contributed by atoms with van der Waals surface area (Å²) in [7, 11) is 0. The second-order valence-electron chi connectivity index (χ2n) is 7.90. The molecule has 1 aliphatic carbocycles. The predicted molar refractivity (Wildman–Crippen MR) is 112 cm³/mol. The van der Waals surface area contributed by atoms with Gasteiger partial charge in [-0.25, -0.2) is 14.8 Å². The highest BCUT2D eigenvalue weighted by molar-refractivity contribution is 5.82. The van der Waals surface area contributed by atoms with Gasteiger partial charge in [0, 0.05) is 37.4 Å². The predicted octanol–water partition coefficient (Wildman–Crippen LogP) is 2.30. The highest BCUT2D eigenvalue weighted by Gasteiger charge is 2.30. The van der Waals surface area contributed by atoms with Gasteiger partial charge < -0.3 is 15.5 Å². The molecule has 1 aliphatic heterocycles. The fourth-order valence-electron chi connectivity index (χ4n) is 4.30. The first-order valence-electron chi connectivity index (χ1n) is 10.2. The van der Waals surface area contributed by atoms with Crippen molar-refractivity contribution < 1.29 is 4.79 Å². The Morgan fingerprint density at radius 1 is 1.24 bits per heavy atom. The molecule has 2 aliphatic rings. The van der Waals surface area contributed by atoms with Gasteiger partial charge in [-0.1, -0.05) is 31.2 Å². The van der Waals surface area contributed by atoms with Gasteiger partial charge in [-0.15, -0.1) is 0 Å². The van der Waals surface area contributed by atoms with Crippen LogP contribution in [0.25, 0.3) is 4.85 Å². The minimum Gasteiger partial charge on any atom is -0.353 e. The number of aryl methyl sites for hydroxylation is 1. The molecule has 7 heteroatoms. The van der Waals surface area contributed by atoms with Crippen molar-refractivity contribution in [3.8, 4) is 0 Å². The minimum atomic E-state index is -0.566. The van der Waals surface area contributed by atoms with E-state index in [9.17, 15) is 4.79 Å². The third-order valence-corrected chi connectivity index (χ3v) is 5.98. The molecule has 0 spiro atoms. The third kappa shape index (κ3) is 3.94. The molecule has 1 aromatic carbocycles. The average molecular weight is 390 g/mol. The third-order valence-electron chi connectivity index (χ3n) is 5.98. The Morgan fingerprint density at radius 3 is 2.66 bits per heavy atom. The van der Waals surface area contributed by atoms with E-state index in [0.717, 1.165) is 37.3 Å². The highest BCUT2D eigenvalue weighted by atomic mass is 16.2. The Morgan fingerprint density at radius 2 is 1.97 bits per heavy atom. The van der Waals surface area contributed by atoms with Crippen molar-refractivity contribution in [3.63, 3.8) is 0 Å². The van der Waals surface area contributed by atoms with Gasteiger partial charge >= 0.3 is 0 Å². The Kier molecular flexibility index (Phi) is 5.45. The molecular weight excluding hydrogens is 364 g/mol. The molecule has 0 saturated carbocycles. The van der Waals surface area contributed by atoms with E-state index in [-0.39, 0.29) is 5.91 Å². The van der Waals surface area contributed by atoms with Crippen LogP contribution in [0.15, 0.2) is 30.6 Å². The number of hydrogen-bond acceptors (Lipinski definition) is 5. The van der Waals surface area contributed by atoms with E-state index in [1.54, 1.807) is 18.5 Å². The van der Waals surface area contributed by atoms with Crippen molar-refractivity contribution in [1.82, 2.24) is 14.9 Å². The average Bonchev–Trinajstić information content (AvgIpc) is 3.15. The zero-order valence-corrected chi connectivity index (χ0v) is 16.7. The van der Waals surface area contributed by atoms with Crippen LogP contribution in [0.4, 0.5) is 11.5 Å². The summed E-state index contributed by atoms with van der Waals surface area (Å²) in [6.45, 7) is 12.1. The Bertz CT molecular complexity index is 927. The van der Waals surface area contributed by atoms with Gasteiger partial charge in [0.25, 0.3) is 0 Å². The molecule has 7 nitrogen and oxygen atoms in total. The summed E-state index contributed by atoms with van der Waals surface area (Å²) in [5, 5.41) is 0. The summed E-state index contributed by atoms with van der Waals surface area (Å²) in [6, 6.07) is 6.70. The lowest BCUT2D eigenvalue weighted by Crippen LogP contribution is -2.54. The van der Waals surface area contributed by atoms with Crippen LogP contribution in [-0.2, 0) is 17.6 Å². The number of anilines is 1. The molecule has 2 heterocycles. The van der Waals surface area contributed by atoms with Gasteiger partial charge in [-0.3, -0.25) is 4.79 Å². The SMILES string of the molecule is [C-]#[N+]c1ccc(C[C@@H](N)C(=O)N2CCN(c3ncnc4c3[C@H](C)CC4)CC2)cc1. The van der Waals surface area contributed by atoms with Crippen LogP contribution in [0.5, 0.6) is 0 Å². The smallest absolute Gasteiger partial charge is 0.239 e. The standard InChI is InChI=1S/C22H26N6O/c1-15-3-8-19-20(15)21(26-14-25-19)27-9-11-28(12-10-27)22(29)18(23)13-16-4-6-17(24-2)7-5-16/h4-7,14-15,18H,3,8-13,23H2,1H3/t15-,18-/m1/s1. The number of hydrogen-bond donors (Lipinski definition) is 1. The molecule has 2 N–H and O–H groups in total. The molecule has 2 atom stereocenters. The molecule has 1 amide bonds. The summed E-state index contributed by atoms with van der Waals surface area (Å²) in [5.41, 5.74) is 10.2. The lowest BCUT2D eigenvalue weighted by Gasteiger charge is -2.37. The van der Waals surface area contributed by atoms with Crippen LogP contribution in [0.2, 0.25) is 0 Å². The van der Waals surface area contributed by atoms with Gasteiger partial charge in [0.15, 0.2) is 5.69 Å². The number of fused-ring (bicyclic) bond motifs is 1. The van der Waals surface area contributed by atoms with Crippen LogP contribution in [0, 0.1) is 6.57 Å². The van der Waals surface area contributed by atoms with Crippen LogP contribution in [-0.4, -0.2) is 53.0 Å². The van der Waals surface area contributed by atoms with E-state index in [2.05, 4.69) is 26.6 Å². The zero-order chi connectivity index (χ0) is 20.4. The van der Waals surface area contributed by atoms with Gasteiger partial charge in [-0.2, -0.15) is 0 Å². The molecule has 150 valence electrons. The van der Waals surface area contributed by atoms with Crippen molar-refractivity contribution in [2.24, 2.45) is 5.73 Å². The van der Waals surface area contributed by atoms with Gasteiger partial charge in [0.1, 0.15) is 12.1 Å². The van der Waals surface area contributed by atoms with Crippen molar-refractivity contribution in [1.29, 1.82) is 0 Å². The van der Waals surface area contributed by atoms with E-state index in [0.29, 0.717) is 31.1 Å². The van der Waals surface area contributed by atoms with E-state index in [4.69, 9.17) is 12.3 Å². The van der Waals surface area contributed by atoms with Crippen molar-refractivity contribution in [2.75, 3.05) is 31.1 Å². The van der Waals surface area contributed by atoms with Crippen molar-refractivity contribution in [2.45, 2.75) is 38.1 Å². The molecule has 1 aromatic heterocycles. The number of nitrogens with two attached hydrogens (primary N) is 1. The van der Waals surface area contributed by atoms with Crippen LogP contribution in [0.1, 0.15) is 36.1 Å². The molecule has 1 fully saturated rings. The number of carbonyl (C=O) groups is 1. The summed E-state index contributed by atoms with van der Waals surface area (Å²) in [6.07, 6.45) is 4.30. The topological polar surface area (TPSA) is 79.7 Å². The van der Waals surface area contributed by atoms with E-state index < -0.39 is 6.04 Å². The quantitative estimate of drug-likeness (QED) is 0.811. The van der Waals surface area contributed by atoms with Crippen LogP contribution >= 0.6 is 0 Å². The van der Waals surface area contributed by atoms with E-state index >= 15 is 0 Å². The first kappa shape index (κ1) is 19.3. The monoisotopic (exact) mass is 390 g/mol. The summed E-state index contributed by atoms with van der Waals surface area (Å²) >= 11 is 0. The summed E-state index contributed by atoms with van der Waals surface area (Å²) < 4.78 is 0. The summed E-state index contributed by atoms with van der Waals surface area (Å²) in [4.78, 5) is 29.4. The van der Waals surface area contributed by atoms with Crippen molar-refractivity contribution in [3.05, 3.63) is 58.8 Å². The minimum absolute atomic E-state index is 0.0137. The van der Waals surface area contributed by atoms with E-state index in [1.807, 2.05) is 17.0 Å². The van der Waals surface area contributed by atoms with Crippen LogP contribution < -0.4 is 10.6 Å². The Balaban J connectivity index is 1.36. The molecule has 0 unspecified atom stereocenters. The van der Waals surface area contributed by atoms with Crippen LogP contribution in [0.3, 0.4) is 0 Å². The lowest BCUT2D eigenvalue weighted by molar-refractivity contribution is -0.132. The number of nitrogens with zero attached hydrogens (tertiary/aromatic N) is 5. The highest BCUT2D eigenvalue weighted by Crippen LogP contribution is 2.37. The number of carbonyl (C=O) groups excluding carboxylic acids is 1. The Labute approximate surface area is 171 Å². The number of piperazine rings is 1. The largest absolute Gasteiger partial charge is 0.353 e. The Hall–Kier alpha value is -2.98. The van der Waals surface area contributed by atoms with E-state index in [1.165, 1.54) is 11.3 Å². The van der Waals surface area contributed by atoms with Gasteiger partial charge in [-0.05, 0) is 30.7 Å². The zero-order valence-electron chi connectivity index (χ0n) is 16.7. The second kappa shape index (κ2) is 8.18. The molecular formula is C22H26N6O. The summed E-state index contributed by atoms with van der Waals surface area (Å²) in [5.74, 6) is 1.51. The second-order valence-corrected chi connectivity index (χ2v) is 7.90. The lowest BCUT2D eigenvalue weighted by atomic mass is 10.0. The fourth-order valence-corrected chi connectivity index (χ4v) is 4.30.